The predicted molar refractivity (Wildman–Crippen MR) is 76.6 cm³/mol. The van der Waals surface area contributed by atoms with E-state index in [-0.39, 0.29) is 12.2 Å². The van der Waals surface area contributed by atoms with Crippen molar-refractivity contribution in [1.29, 1.82) is 0 Å². The van der Waals surface area contributed by atoms with Gasteiger partial charge in [0.05, 0.1) is 18.8 Å². The number of ether oxygens (including phenoxy) is 2. The minimum Gasteiger partial charge on any atom is -0.493 e. The van der Waals surface area contributed by atoms with Gasteiger partial charge in [0.1, 0.15) is 5.75 Å². The molecular formula is C15H19BrO3. The van der Waals surface area contributed by atoms with Crippen molar-refractivity contribution < 1.29 is 14.6 Å². The molecule has 2 unspecified atom stereocenters. The molecule has 1 aromatic carbocycles. The Hall–Kier alpha value is -0.580. The van der Waals surface area contributed by atoms with Crippen molar-refractivity contribution in [3.05, 3.63) is 27.7 Å². The molecule has 1 fully saturated rings. The highest BCUT2D eigenvalue weighted by Crippen LogP contribution is 2.34. The molecular weight excluding hydrogens is 308 g/mol. The maximum atomic E-state index is 10.2. The number of fused-ring (bicyclic) bond motifs is 1. The lowest BCUT2D eigenvalue weighted by Crippen LogP contribution is -2.19. The minimum absolute atomic E-state index is 0.233. The summed E-state index contributed by atoms with van der Waals surface area (Å²) in [6, 6.07) is 4.17. The van der Waals surface area contributed by atoms with Crippen LogP contribution in [0.5, 0.6) is 5.75 Å². The second-order valence-electron chi connectivity index (χ2n) is 5.38. The van der Waals surface area contributed by atoms with E-state index in [0.717, 1.165) is 54.7 Å². The Morgan fingerprint density at radius 3 is 3.05 bits per heavy atom. The normalized spacial score (nSPS) is 23.2. The number of aliphatic hydroxyl groups is 1. The van der Waals surface area contributed by atoms with Gasteiger partial charge in [-0.3, -0.25) is 0 Å². The van der Waals surface area contributed by atoms with Gasteiger partial charge in [0.15, 0.2) is 0 Å². The predicted octanol–water partition coefficient (Wildman–Crippen LogP) is 2.86. The number of hydrogen-bond donors (Lipinski definition) is 1. The van der Waals surface area contributed by atoms with Gasteiger partial charge in [0.25, 0.3) is 0 Å². The average molecular weight is 327 g/mol. The van der Waals surface area contributed by atoms with E-state index >= 15 is 0 Å². The van der Waals surface area contributed by atoms with Crippen molar-refractivity contribution in [2.75, 3.05) is 13.2 Å². The van der Waals surface area contributed by atoms with E-state index in [9.17, 15) is 5.11 Å². The Morgan fingerprint density at radius 2 is 2.26 bits per heavy atom. The summed E-state index contributed by atoms with van der Waals surface area (Å²) < 4.78 is 12.3. The highest BCUT2D eigenvalue weighted by atomic mass is 79.9. The van der Waals surface area contributed by atoms with E-state index in [1.165, 1.54) is 5.56 Å². The monoisotopic (exact) mass is 326 g/mol. The van der Waals surface area contributed by atoms with Crippen LogP contribution < -0.4 is 4.74 Å². The number of hydrogen-bond acceptors (Lipinski definition) is 3. The fourth-order valence-electron chi connectivity index (χ4n) is 2.97. The molecule has 0 saturated carbocycles. The first-order valence-electron chi connectivity index (χ1n) is 6.96. The summed E-state index contributed by atoms with van der Waals surface area (Å²) in [7, 11) is 0. The van der Waals surface area contributed by atoms with Gasteiger partial charge in [-0.2, -0.15) is 0 Å². The van der Waals surface area contributed by atoms with Crippen LogP contribution in [-0.2, 0) is 17.6 Å². The van der Waals surface area contributed by atoms with E-state index < -0.39 is 0 Å². The third-order valence-electron chi connectivity index (χ3n) is 3.84. The standard InChI is InChI=1S/C15H19BrO3/c16-12-6-10-3-5-19-15(10)11(7-12)8-13(17)9-14-2-1-4-18-14/h6-7,13-14,17H,1-5,8-9H2. The largest absolute Gasteiger partial charge is 0.493 e. The fourth-order valence-corrected chi connectivity index (χ4v) is 3.52. The molecule has 2 heterocycles. The van der Waals surface area contributed by atoms with Crippen molar-refractivity contribution in [3.8, 4) is 5.75 Å². The maximum Gasteiger partial charge on any atom is 0.125 e. The van der Waals surface area contributed by atoms with E-state index in [0.29, 0.717) is 6.42 Å². The zero-order chi connectivity index (χ0) is 13.2. The molecule has 0 aromatic heterocycles. The summed E-state index contributed by atoms with van der Waals surface area (Å²) in [5, 5.41) is 10.2. The molecule has 0 aliphatic carbocycles. The summed E-state index contributed by atoms with van der Waals surface area (Å²) in [5.41, 5.74) is 2.35. The van der Waals surface area contributed by atoms with Crippen LogP contribution >= 0.6 is 15.9 Å². The van der Waals surface area contributed by atoms with Crippen LogP contribution in [0.1, 0.15) is 30.4 Å². The Labute approximate surface area is 122 Å². The fraction of sp³-hybridized carbons (Fsp3) is 0.600. The lowest BCUT2D eigenvalue weighted by atomic mass is 9.99. The molecule has 2 atom stereocenters. The summed E-state index contributed by atoms with van der Waals surface area (Å²) in [6.07, 6.45) is 4.39. The summed E-state index contributed by atoms with van der Waals surface area (Å²) in [5.74, 6) is 0.981. The van der Waals surface area contributed by atoms with Crippen LogP contribution in [0.15, 0.2) is 16.6 Å². The molecule has 104 valence electrons. The molecule has 3 nitrogen and oxygen atoms in total. The minimum atomic E-state index is -0.356. The SMILES string of the molecule is OC(Cc1cc(Br)cc2c1OCC2)CC1CCCO1. The lowest BCUT2D eigenvalue weighted by Gasteiger charge is -2.17. The first kappa shape index (κ1) is 13.4. The third kappa shape index (κ3) is 3.12. The Morgan fingerprint density at radius 1 is 1.37 bits per heavy atom. The van der Waals surface area contributed by atoms with Crippen molar-refractivity contribution in [2.24, 2.45) is 0 Å². The lowest BCUT2D eigenvalue weighted by molar-refractivity contribution is 0.0538. The van der Waals surface area contributed by atoms with E-state index in [1.807, 2.05) is 0 Å². The van der Waals surface area contributed by atoms with Crippen LogP contribution in [0.25, 0.3) is 0 Å². The van der Waals surface area contributed by atoms with Crippen LogP contribution in [-0.4, -0.2) is 30.5 Å². The second-order valence-corrected chi connectivity index (χ2v) is 6.30. The van der Waals surface area contributed by atoms with Crippen molar-refractivity contribution in [1.82, 2.24) is 0 Å². The zero-order valence-corrected chi connectivity index (χ0v) is 12.5. The Balaban J connectivity index is 1.68. The molecule has 1 N–H and O–H groups in total. The number of rotatable bonds is 4. The van der Waals surface area contributed by atoms with Crippen molar-refractivity contribution >= 4 is 15.9 Å². The van der Waals surface area contributed by atoms with Gasteiger partial charge in [-0.05, 0) is 42.5 Å². The summed E-state index contributed by atoms with van der Waals surface area (Å²) >= 11 is 3.53. The maximum absolute atomic E-state index is 10.2. The molecule has 2 aliphatic rings. The van der Waals surface area contributed by atoms with E-state index in [1.54, 1.807) is 0 Å². The van der Waals surface area contributed by atoms with E-state index in [2.05, 4.69) is 28.1 Å². The molecule has 0 spiro atoms. The molecule has 0 amide bonds. The Kier molecular flexibility index (Phi) is 4.10. The van der Waals surface area contributed by atoms with Gasteiger partial charge in [-0.15, -0.1) is 0 Å². The number of halogens is 1. The smallest absolute Gasteiger partial charge is 0.125 e. The molecule has 2 aliphatic heterocycles. The number of aliphatic hydroxyl groups excluding tert-OH is 1. The zero-order valence-electron chi connectivity index (χ0n) is 10.9. The van der Waals surface area contributed by atoms with Crippen LogP contribution in [0, 0.1) is 0 Å². The summed E-state index contributed by atoms with van der Waals surface area (Å²) in [4.78, 5) is 0. The van der Waals surface area contributed by atoms with Crippen LogP contribution in [0.2, 0.25) is 0 Å². The highest BCUT2D eigenvalue weighted by molar-refractivity contribution is 9.10. The second kappa shape index (κ2) is 5.81. The van der Waals surface area contributed by atoms with Gasteiger partial charge in [0.2, 0.25) is 0 Å². The molecule has 1 saturated heterocycles. The topological polar surface area (TPSA) is 38.7 Å². The number of benzene rings is 1. The quantitative estimate of drug-likeness (QED) is 0.924. The van der Waals surface area contributed by atoms with Crippen LogP contribution in [0.4, 0.5) is 0 Å². The highest BCUT2D eigenvalue weighted by Gasteiger charge is 2.23. The van der Waals surface area contributed by atoms with Crippen LogP contribution in [0.3, 0.4) is 0 Å². The van der Waals surface area contributed by atoms with E-state index in [4.69, 9.17) is 9.47 Å². The van der Waals surface area contributed by atoms with Gasteiger partial charge in [0, 0.05) is 23.9 Å². The first-order valence-corrected chi connectivity index (χ1v) is 7.75. The van der Waals surface area contributed by atoms with Crippen molar-refractivity contribution in [2.45, 2.75) is 44.3 Å². The van der Waals surface area contributed by atoms with Crippen molar-refractivity contribution in [3.63, 3.8) is 0 Å². The van der Waals surface area contributed by atoms with Gasteiger partial charge in [-0.1, -0.05) is 15.9 Å². The molecule has 1 aromatic rings. The Bertz CT molecular complexity index is 455. The summed E-state index contributed by atoms with van der Waals surface area (Å²) in [6.45, 7) is 1.59. The average Bonchev–Trinajstić information content (AvgIpc) is 2.99. The van der Waals surface area contributed by atoms with Gasteiger partial charge < -0.3 is 14.6 Å². The molecule has 4 heteroatoms. The van der Waals surface area contributed by atoms with Gasteiger partial charge in [-0.25, -0.2) is 0 Å². The molecule has 0 bridgehead atoms. The molecule has 3 rings (SSSR count). The molecule has 0 radical (unpaired) electrons. The van der Waals surface area contributed by atoms with Gasteiger partial charge >= 0.3 is 0 Å². The molecule has 19 heavy (non-hydrogen) atoms. The first-order chi connectivity index (χ1) is 9.22. The third-order valence-corrected chi connectivity index (χ3v) is 4.30.